The van der Waals surface area contributed by atoms with Gasteiger partial charge in [-0.25, -0.2) is 23.1 Å². The van der Waals surface area contributed by atoms with Gasteiger partial charge in [0.2, 0.25) is 16.0 Å². The van der Waals surface area contributed by atoms with E-state index in [-0.39, 0.29) is 42.5 Å². The number of benzene rings is 1. The van der Waals surface area contributed by atoms with Crippen molar-refractivity contribution in [3.8, 4) is 10.6 Å². The molecule has 38 heavy (non-hydrogen) atoms. The number of anilines is 1. The van der Waals surface area contributed by atoms with Crippen LogP contribution in [0, 0.1) is 0 Å². The lowest BCUT2D eigenvalue weighted by Crippen LogP contribution is -2.44. The Labute approximate surface area is 252 Å². The number of hydrogen-bond donors (Lipinski definition) is 2. The molecule has 2 fully saturated rings. The van der Waals surface area contributed by atoms with E-state index in [0.717, 1.165) is 79.1 Å². The maximum atomic E-state index is 12.1. The van der Waals surface area contributed by atoms with Crippen molar-refractivity contribution in [1.82, 2.24) is 24.5 Å². The third-order valence-electron chi connectivity index (χ3n) is 6.53. The number of sulfonamides is 1. The SMILES string of the molecule is CN1CCN(CCCNc2ncc(Cl)c(-c3cc4ccc(CNS(=O)(=O)C5CC5)cc4s3)n2)CC1.Cl.Cl.Cl. The fourth-order valence-electron chi connectivity index (χ4n) is 4.18. The fourth-order valence-corrected chi connectivity index (χ4v) is 6.92. The van der Waals surface area contributed by atoms with Gasteiger partial charge in [-0.15, -0.1) is 48.6 Å². The Bertz CT molecular complexity index is 1300. The van der Waals surface area contributed by atoms with Gasteiger partial charge in [0.1, 0.15) is 5.69 Å². The number of likely N-dealkylation sites (N-methyl/N-ethyl adjacent to an activating group) is 1. The average molecular weight is 645 g/mol. The number of hydrogen-bond acceptors (Lipinski definition) is 8. The summed E-state index contributed by atoms with van der Waals surface area (Å²) in [6, 6.07) is 8.08. The van der Waals surface area contributed by atoms with Crippen LogP contribution in [0.3, 0.4) is 0 Å². The zero-order valence-corrected chi connectivity index (χ0v) is 25.9. The molecule has 0 atom stereocenters. The van der Waals surface area contributed by atoms with Crippen LogP contribution >= 0.6 is 60.2 Å². The average Bonchev–Trinajstić information content (AvgIpc) is 3.63. The lowest BCUT2D eigenvalue weighted by atomic mass is 10.1. The third-order valence-corrected chi connectivity index (χ3v) is 9.81. The second-order valence-electron chi connectivity index (χ2n) is 9.36. The monoisotopic (exact) mass is 642 g/mol. The molecule has 5 rings (SSSR count). The van der Waals surface area contributed by atoms with Gasteiger partial charge in [-0.3, -0.25) is 0 Å². The molecule has 1 saturated heterocycles. The minimum atomic E-state index is -3.20. The van der Waals surface area contributed by atoms with Gasteiger partial charge in [0.25, 0.3) is 0 Å². The third kappa shape index (κ3) is 8.52. The van der Waals surface area contributed by atoms with E-state index >= 15 is 0 Å². The zero-order valence-electron chi connectivity index (χ0n) is 21.1. The molecule has 3 aromatic rings. The van der Waals surface area contributed by atoms with Crippen LogP contribution in [0.15, 0.2) is 30.5 Å². The maximum absolute atomic E-state index is 12.1. The molecule has 1 aromatic carbocycles. The van der Waals surface area contributed by atoms with Crippen molar-refractivity contribution in [3.63, 3.8) is 0 Å². The van der Waals surface area contributed by atoms with Crippen molar-refractivity contribution < 1.29 is 8.42 Å². The second kappa shape index (κ2) is 14.6. The highest BCUT2D eigenvalue weighted by Crippen LogP contribution is 2.36. The van der Waals surface area contributed by atoms with Crippen LogP contribution in [0.1, 0.15) is 24.8 Å². The van der Waals surface area contributed by atoms with Crippen LogP contribution < -0.4 is 10.0 Å². The van der Waals surface area contributed by atoms with Gasteiger partial charge in [-0.1, -0.05) is 23.7 Å². The molecule has 2 aliphatic rings. The molecule has 212 valence electrons. The Morgan fingerprint density at radius 1 is 1.11 bits per heavy atom. The summed E-state index contributed by atoms with van der Waals surface area (Å²) in [6.07, 6.45) is 4.20. The van der Waals surface area contributed by atoms with E-state index in [1.54, 1.807) is 17.5 Å². The summed E-state index contributed by atoms with van der Waals surface area (Å²) < 4.78 is 28.0. The van der Waals surface area contributed by atoms with Gasteiger partial charge < -0.3 is 15.1 Å². The van der Waals surface area contributed by atoms with Crippen molar-refractivity contribution >= 4 is 86.2 Å². The van der Waals surface area contributed by atoms with E-state index < -0.39 is 10.0 Å². The van der Waals surface area contributed by atoms with E-state index in [2.05, 4.69) is 37.9 Å². The van der Waals surface area contributed by atoms with Gasteiger partial charge in [0.15, 0.2) is 0 Å². The van der Waals surface area contributed by atoms with E-state index in [1.165, 1.54) is 0 Å². The second-order valence-corrected chi connectivity index (χ2v) is 12.9. The molecule has 1 aliphatic heterocycles. The summed E-state index contributed by atoms with van der Waals surface area (Å²) in [6.45, 7) is 6.68. The number of thiophene rings is 1. The molecular weight excluding hydrogens is 610 g/mol. The van der Waals surface area contributed by atoms with Gasteiger partial charge in [-0.2, -0.15) is 0 Å². The quantitative estimate of drug-likeness (QED) is 0.304. The molecule has 14 heteroatoms. The summed E-state index contributed by atoms with van der Waals surface area (Å²) in [5.74, 6) is 0.579. The highest BCUT2D eigenvalue weighted by molar-refractivity contribution is 7.90. The lowest BCUT2D eigenvalue weighted by molar-refractivity contribution is 0.154. The molecule has 0 unspecified atom stereocenters. The molecule has 0 radical (unpaired) electrons. The van der Waals surface area contributed by atoms with Crippen molar-refractivity contribution in [2.45, 2.75) is 31.1 Å². The predicted molar refractivity (Wildman–Crippen MR) is 165 cm³/mol. The Kier molecular flexibility index (Phi) is 12.8. The molecule has 1 saturated carbocycles. The number of nitrogens with one attached hydrogen (secondary N) is 2. The van der Waals surface area contributed by atoms with Crippen LogP contribution in [0.5, 0.6) is 0 Å². The number of rotatable bonds is 10. The van der Waals surface area contributed by atoms with Crippen molar-refractivity contribution in [2.75, 3.05) is 51.6 Å². The molecule has 0 bridgehead atoms. The van der Waals surface area contributed by atoms with Gasteiger partial charge in [-0.05, 0) is 55.9 Å². The van der Waals surface area contributed by atoms with Gasteiger partial charge in [0.05, 0.1) is 21.3 Å². The minimum absolute atomic E-state index is 0. The first-order valence-corrected chi connectivity index (χ1v) is 14.8. The molecule has 3 heterocycles. The Balaban J connectivity index is 0.00000169. The number of nitrogens with zero attached hydrogens (tertiary/aromatic N) is 4. The molecule has 8 nitrogen and oxygen atoms in total. The molecule has 2 N–H and O–H groups in total. The minimum Gasteiger partial charge on any atom is -0.354 e. The largest absolute Gasteiger partial charge is 0.354 e. The molecule has 2 aromatic heterocycles. The van der Waals surface area contributed by atoms with E-state index in [0.29, 0.717) is 23.2 Å². The normalized spacial score (nSPS) is 16.4. The first-order valence-electron chi connectivity index (χ1n) is 12.1. The molecule has 1 aliphatic carbocycles. The molecule has 0 amide bonds. The molecule has 0 spiro atoms. The van der Waals surface area contributed by atoms with Gasteiger partial charge in [0, 0.05) is 44.0 Å². The van der Waals surface area contributed by atoms with Crippen molar-refractivity contribution in [1.29, 1.82) is 0 Å². The van der Waals surface area contributed by atoms with Gasteiger partial charge >= 0.3 is 0 Å². The summed E-state index contributed by atoms with van der Waals surface area (Å²) in [5, 5.41) is 4.72. The summed E-state index contributed by atoms with van der Waals surface area (Å²) in [5.41, 5.74) is 1.65. The van der Waals surface area contributed by atoms with Crippen molar-refractivity contribution in [3.05, 3.63) is 41.0 Å². The summed E-state index contributed by atoms with van der Waals surface area (Å²) in [7, 11) is -1.03. The number of halogens is 4. The number of fused-ring (bicyclic) bond motifs is 1. The van der Waals surface area contributed by atoms with Crippen molar-refractivity contribution in [2.24, 2.45) is 0 Å². The van der Waals surface area contributed by atoms with E-state index in [9.17, 15) is 8.42 Å². The summed E-state index contributed by atoms with van der Waals surface area (Å²) >= 11 is 8.06. The first-order chi connectivity index (χ1) is 16.9. The van der Waals surface area contributed by atoms with Crippen LogP contribution in [-0.4, -0.2) is 79.8 Å². The molecular formula is C24H34Cl4N6O2S2. The predicted octanol–water partition coefficient (Wildman–Crippen LogP) is 4.91. The Hall–Kier alpha value is -0.950. The zero-order chi connectivity index (χ0) is 24.4. The fraction of sp³-hybridized carbons (Fsp3) is 0.500. The van der Waals surface area contributed by atoms with Crippen LogP contribution in [0.25, 0.3) is 20.7 Å². The highest BCUT2D eigenvalue weighted by atomic mass is 35.5. The standard InChI is InChI=1S/C24H31ClN6O2S2.3ClH/c1-30-9-11-31(12-10-30)8-2-7-26-24-27-16-20(25)23(29-24)22-14-18-4-3-17(13-21(18)34-22)15-28-35(32,33)19-5-6-19;;;/h3-4,13-14,16,19,28H,2,5-12,15H2,1H3,(H,26,27,29);3*1H. The highest BCUT2D eigenvalue weighted by Gasteiger charge is 2.35. The van der Waals surface area contributed by atoms with E-state index in [1.807, 2.05) is 18.2 Å². The smallest absolute Gasteiger partial charge is 0.223 e. The number of aromatic nitrogens is 2. The van der Waals surface area contributed by atoms with Crippen LogP contribution in [-0.2, 0) is 16.6 Å². The van der Waals surface area contributed by atoms with Crippen LogP contribution in [0.2, 0.25) is 5.02 Å². The summed E-state index contributed by atoms with van der Waals surface area (Å²) in [4.78, 5) is 14.9. The van der Waals surface area contributed by atoms with Crippen LogP contribution in [0.4, 0.5) is 5.95 Å². The Morgan fingerprint density at radius 3 is 2.55 bits per heavy atom. The number of piperazine rings is 1. The lowest BCUT2D eigenvalue weighted by Gasteiger charge is -2.32. The maximum Gasteiger partial charge on any atom is 0.223 e. The Morgan fingerprint density at radius 2 is 1.84 bits per heavy atom. The topological polar surface area (TPSA) is 90.5 Å². The first kappa shape index (κ1) is 33.3. The van der Waals surface area contributed by atoms with E-state index in [4.69, 9.17) is 16.6 Å².